The Labute approximate surface area is 245 Å². The van der Waals surface area contributed by atoms with Gasteiger partial charge in [-0.25, -0.2) is 13.8 Å². The Morgan fingerprint density at radius 3 is 2.71 bits per heavy atom. The first kappa shape index (κ1) is 27.9. The van der Waals surface area contributed by atoms with E-state index in [1.54, 1.807) is 18.2 Å². The number of carboxylic acids is 1. The van der Waals surface area contributed by atoms with Crippen molar-refractivity contribution in [2.45, 2.75) is 18.3 Å². The third kappa shape index (κ3) is 5.95. The van der Waals surface area contributed by atoms with Gasteiger partial charge in [0.25, 0.3) is 0 Å². The van der Waals surface area contributed by atoms with Gasteiger partial charge in [0.15, 0.2) is 11.6 Å². The van der Waals surface area contributed by atoms with Gasteiger partial charge in [0.2, 0.25) is 0 Å². The van der Waals surface area contributed by atoms with Crippen molar-refractivity contribution in [1.29, 1.82) is 0 Å². The van der Waals surface area contributed by atoms with Crippen LogP contribution in [0.2, 0.25) is 0 Å². The van der Waals surface area contributed by atoms with Crippen LogP contribution in [0.25, 0.3) is 23.1 Å². The molecule has 2 heterocycles. The molecule has 1 aromatic heterocycles. The van der Waals surface area contributed by atoms with Crippen LogP contribution in [0, 0.1) is 24.0 Å². The normalized spacial score (nSPS) is 14.1. The molecule has 0 radical (unpaired) electrons. The Balaban J connectivity index is 0.00000336. The maximum absolute atomic E-state index is 13.7. The summed E-state index contributed by atoms with van der Waals surface area (Å²) in [5, 5.41) is 11.4. The van der Waals surface area contributed by atoms with E-state index in [1.165, 1.54) is 11.8 Å². The number of carboxylic acid groups (broad SMARTS) is 1. The van der Waals surface area contributed by atoms with E-state index >= 15 is 0 Å². The van der Waals surface area contributed by atoms with Crippen molar-refractivity contribution >= 4 is 40.8 Å². The number of carbonyl (C=O) groups excluding carboxylic acids is 1. The van der Waals surface area contributed by atoms with Gasteiger partial charge in [-0.05, 0) is 59.7 Å². The summed E-state index contributed by atoms with van der Waals surface area (Å²) >= 11 is 1.50. The average Bonchev–Trinajstić information content (AvgIpc) is 3.04. The Bertz CT molecular complexity index is 1600. The minimum absolute atomic E-state index is 0. The third-order valence-electron chi connectivity index (χ3n) is 6.13. The SMILES string of the molecule is C#Cc1cccc2c1COc1ccc(C=Cc3ccc4cc(F)c(F)cc4n3)cc1C2SCCC(=O)[O-].[Na+]. The van der Waals surface area contributed by atoms with Crippen LogP contribution < -0.4 is 39.4 Å². The summed E-state index contributed by atoms with van der Waals surface area (Å²) in [5.41, 5.74) is 5.38. The summed E-state index contributed by atoms with van der Waals surface area (Å²) in [4.78, 5) is 15.5. The number of thioether (sulfide) groups is 1. The summed E-state index contributed by atoms with van der Waals surface area (Å²) in [5.74, 6) is 0.830. The number of ether oxygens (including phenoxy) is 1. The number of pyridine rings is 1. The summed E-state index contributed by atoms with van der Waals surface area (Å²) in [6, 6.07) is 17.2. The number of carbonyl (C=O) groups is 1. The second-order valence-corrected chi connectivity index (χ2v) is 9.72. The van der Waals surface area contributed by atoms with E-state index in [4.69, 9.17) is 11.2 Å². The first-order valence-electron chi connectivity index (χ1n) is 11.5. The predicted molar refractivity (Wildman–Crippen MR) is 140 cm³/mol. The molecule has 0 spiro atoms. The standard InChI is InChI=1S/C30H21F2NO3S.Na/c1-2-19-4-3-5-22-24(19)17-36-28-11-7-18(14-23(28)30(22)37-13-12-29(34)35)6-9-21-10-8-20-15-25(31)26(32)16-27(20)33-21;/h1,3-11,14-16,30H,12-13,17H2,(H,34,35);/q;+1/p-1. The minimum Gasteiger partial charge on any atom is -0.550 e. The summed E-state index contributed by atoms with van der Waals surface area (Å²) in [7, 11) is 0. The molecule has 1 atom stereocenters. The number of hydrogen-bond acceptors (Lipinski definition) is 5. The van der Waals surface area contributed by atoms with E-state index in [0.29, 0.717) is 34.7 Å². The van der Waals surface area contributed by atoms with E-state index in [9.17, 15) is 18.7 Å². The van der Waals surface area contributed by atoms with Crippen LogP contribution in [-0.4, -0.2) is 16.7 Å². The Hall–Kier alpha value is -3.15. The van der Waals surface area contributed by atoms with E-state index in [-0.39, 0.29) is 41.2 Å². The smallest absolute Gasteiger partial charge is 0.550 e. The predicted octanol–water partition coefficient (Wildman–Crippen LogP) is 2.52. The Morgan fingerprint density at radius 1 is 1.11 bits per heavy atom. The fourth-order valence-corrected chi connectivity index (χ4v) is 5.60. The van der Waals surface area contributed by atoms with Gasteiger partial charge in [-0.3, -0.25) is 0 Å². The third-order valence-corrected chi connectivity index (χ3v) is 7.41. The second kappa shape index (κ2) is 12.1. The van der Waals surface area contributed by atoms with Crippen molar-refractivity contribution in [3.05, 3.63) is 106 Å². The van der Waals surface area contributed by atoms with Crippen molar-refractivity contribution in [1.82, 2.24) is 4.98 Å². The van der Waals surface area contributed by atoms with E-state index in [0.717, 1.165) is 39.9 Å². The molecule has 0 bridgehead atoms. The van der Waals surface area contributed by atoms with Gasteiger partial charge >= 0.3 is 29.6 Å². The molecular weight excluding hydrogens is 515 g/mol. The van der Waals surface area contributed by atoms with Crippen LogP contribution in [0.3, 0.4) is 0 Å². The van der Waals surface area contributed by atoms with Crippen molar-refractivity contribution in [2.24, 2.45) is 0 Å². The van der Waals surface area contributed by atoms with Crippen LogP contribution in [0.1, 0.15) is 45.2 Å². The number of aromatic nitrogens is 1. The first-order chi connectivity index (χ1) is 17.9. The molecule has 1 aliphatic rings. The molecule has 5 rings (SSSR count). The molecule has 184 valence electrons. The number of halogens is 2. The van der Waals surface area contributed by atoms with Crippen LogP contribution in [0.15, 0.2) is 60.7 Å². The van der Waals surface area contributed by atoms with Crippen LogP contribution in [0.4, 0.5) is 8.78 Å². The summed E-state index contributed by atoms with van der Waals surface area (Å²) in [6.45, 7) is 0.313. The molecule has 0 saturated heterocycles. The molecule has 0 aliphatic carbocycles. The Morgan fingerprint density at radius 2 is 1.92 bits per heavy atom. The maximum Gasteiger partial charge on any atom is 1.00 e. The quantitative estimate of drug-likeness (QED) is 0.281. The number of hydrogen-bond donors (Lipinski definition) is 0. The van der Waals surface area contributed by atoms with E-state index in [2.05, 4.69) is 10.9 Å². The van der Waals surface area contributed by atoms with E-state index in [1.807, 2.05) is 42.5 Å². The van der Waals surface area contributed by atoms with Crippen LogP contribution in [0.5, 0.6) is 5.75 Å². The monoisotopic (exact) mass is 535 g/mol. The van der Waals surface area contributed by atoms with Gasteiger partial charge in [0.05, 0.1) is 16.5 Å². The van der Waals surface area contributed by atoms with Crippen molar-refractivity contribution in [3.8, 4) is 18.1 Å². The second-order valence-electron chi connectivity index (χ2n) is 8.50. The number of nitrogens with zero attached hydrogens (tertiary/aromatic N) is 1. The van der Waals surface area contributed by atoms with Gasteiger partial charge in [0.1, 0.15) is 12.4 Å². The fraction of sp³-hybridized carbons (Fsp3) is 0.133. The molecule has 38 heavy (non-hydrogen) atoms. The molecule has 1 aliphatic heterocycles. The number of fused-ring (bicyclic) bond motifs is 3. The van der Waals surface area contributed by atoms with Gasteiger partial charge < -0.3 is 14.6 Å². The van der Waals surface area contributed by atoms with Crippen LogP contribution in [-0.2, 0) is 11.4 Å². The molecule has 8 heteroatoms. The molecule has 0 saturated carbocycles. The number of rotatable bonds is 6. The average molecular weight is 536 g/mol. The Kier molecular flexibility index (Phi) is 8.91. The van der Waals surface area contributed by atoms with Gasteiger partial charge in [-0.2, -0.15) is 0 Å². The van der Waals surface area contributed by atoms with Crippen molar-refractivity contribution in [3.63, 3.8) is 0 Å². The van der Waals surface area contributed by atoms with Crippen LogP contribution >= 0.6 is 11.8 Å². The largest absolute Gasteiger partial charge is 1.00 e. The van der Waals surface area contributed by atoms with Crippen molar-refractivity contribution in [2.75, 3.05) is 5.75 Å². The molecule has 0 amide bonds. The zero-order valence-corrected chi connectivity index (χ0v) is 23.4. The molecule has 0 N–H and O–H groups in total. The number of aliphatic carboxylic acids is 1. The number of benzene rings is 3. The fourth-order valence-electron chi connectivity index (χ4n) is 4.32. The van der Waals surface area contributed by atoms with Crippen molar-refractivity contribution < 1.29 is 53.0 Å². The molecular formula is C30H20F2NNaO3S. The molecule has 1 unspecified atom stereocenters. The number of terminal acetylenes is 1. The van der Waals surface area contributed by atoms with Gasteiger partial charge in [0, 0.05) is 34.1 Å². The minimum atomic E-state index is -1.10. The molecule has 4 nitrogen and oxygen atoms in total. The first-order valence-corrected chi connectivity index (χ1v) is 12.6. The van der Waals surface area contributed by atoms with Gasteiger partial charge in [-0.1, -0.05) is 36.3 Å². The van der Waals surface area contributed by atoms with Gasteiger partial charge in [-0.15, -0.1) is 18.2 Å². The molecule has 4 aromatic rings. The summed E-state index contributed by atoms with van der Waals surface area (Å²) in [6.07, 6.45) is 9.33. The topological polar surface area (TPSA) is 62.2 Å². The molecule has 0 fully saturated rings. The molecule has 3 aromatic carbocycles. The zero-order chi connectivity index (χ0) is 25.9. The maximum atomic E-state index is 13.7. The zero-order valence-electron chi connectivity index (χ0n) is 20.5. The summed E-state index contributed by atoms with van der Waals surface area (Å²) < 4.78 is 33.3. The van der Waals surface area contributed by atoms with E-state index < -0.39 is 17.6 Å².